The molecule has 1 saturated heterocycles. The third kappa shape index (κ3) is 10.5. The van der Waals surface area contributed by atoms with Gasteiger partial charge in [-0.2, -0.15) is 0 Å². The molecule has 1 atom stereocenters. The summed E-state index contributed by atoms with van der Waals surface area (Å²) >= 11 is 0. The molecule has 3 aromatic carbocycles. The van der Waals surface area contributed by atoms with Gasteiger partial charge in [0.15, 0.2) is 0 Å². The van der Waals surface area contributed by atoms with Crippen LogP contribution in [0.4, 0.5) is 17.1 Å². The van der Waals surface area contributed by atoms with Gasteiger partial charge in [0.1, 0.15) is 12.4 Å². The van der Waals surface area contributed by atoms with E-state index in [0.29, 0.717) is 26.2 Å². The summed E-state index contributed by atoms with van der Waals surface area (Å²) in [4.78, 5) is 23.1. The predicted octanol–water partition coefficient (Wildman–Crippen LogP) is 7.64. The summed E-state index contributed by atoms with van der Waals surface area (Å²) in [7, 11) is 2.16. The normalized spacial score (nSPS) is 17.3. The molecule has 10 heteroatoms. The topological polar surface area (TPSA) is 93.1 Å². The van der Waals surface area contributed by atoms with E-state index in [2.05, 4.69) is 87.3 Å². The van der Waals surface area contributed by atoms with Gasteiger partial charge in [-0.1, -0.05) is 31.5 Å². The number of aryl methyl sites for hydroxylation is 2. The van der Waals surface area contributed by atoms with Crippen LogP contribution in [-0.4, -0.2) is 86.1 Å². The predicted molar refractivity (Wildman–Crippen MR) is 215 cm³/mol. The van der Waals surface area contributed by atoms with Crippen molar-refractivity contribution in [1.29, 1.82) is 0 Å². The zero-order valence-corrected chi connectivity index (χ0v) is 31.9. The number of fused-ring (bicyclic) bond motifs is 1. The van der Waals surface area contributed by atoms with E-state index in [9.17, 15) is 4.79 Å². The maximum Gasteiger partial charge on any atom is 0.251 e. The van der Waals surface area contributed by atoms with Crippen LogP contribution in [-0.2, 0) is 27.4 Å². The molecule has 0 aliphatic carbocycles. The Morgan fingerprint density at radius 1 is 0.962 bits per heavy atom. The number of hydrogen-bond donors (Lipinski definition) is 2. The SMILES string of the molecule is CCCCOCCOc1ccc(-c2ccc3c(c2)/C=C(/C(=O)Nc2ccc(NCc4c(C)ncn4CC)cc2)CCCN3CC2CN(C)CCO2)cc1. The largest absolute Gasteiger partial charge is 0.491 e. The first-order chi connectivity index (χ1) is 25.9. The van der Waals surface area contributed by atoms with Crippen molar-refractivity contribution < 1.29 is 19.0 Å². The lowest BCUT2D eigenvalue weighted by Crippen LogP contribution is -2.46. The van der Waals surface area contributed by atoms with Crippen LogP contribution in [0.25, 0.3) is 17.2 Å². The highest BCUT2D eigenvalue weighted by molar-refractivity contribution is 6.07. The second-order valence-corrected chi connectivity index (χ2v) is 14.0. The van der Waals surface area contributed by atoms with Crippen LogP contribution in [0.15, 0.2) is 78.6 Å². The van der Waals surface area contributed by atoms with E-state index in [1.807, 2.05) is 49.6 Å². The second kappa shape index (κ2) is 18.9. The van der Waals surface area contributed by atoms with Gasteiger partial charge in [0.2, 0.25) is 0 Å². The number of carbonyl (C=O) groups excluding carboxylic acids is 1. The van der Waals surface area contributed by atoms with Crippen LogP contribution >= 0.6 is 0 Å². The van der Waals surface area contributed by atoms with Gasteiger partial charge in [-0.05, 0) is 111 Å². The van der Waals surface area contributed by atoms with E-state index in [1.165, 1.54) is 5.69 Å². The highest BCUT2D eigenvalue weighted by Crippen LogP contribution is 2.33. The molecular weight excluding hydrogens is 665 g/mol. The molecule has 2 aliphatic heterocycles. The first kappa shape index (κ1) is 38.1. The molecule has 53 heavy (non-hydrogen) atoms. The number of ether oxygens (including phenoxy) is 3. The van der Waals surface area contributed by atoms with Crippen LogP contribution in [0.1, 0.15) is 56.5 Å². The summed E-state index contributed by atoms with van der Waals surface area (Å²) < 4.78 is 19.9. The number of unbranched alkanes of at least 4 members (excludes halogenated alkanes) is 1. The average Bonchev–Trinajstić information content (AvgIpc) is 3.53. The Bertz CT molecular complexity index is 1800. The molecule has 0 radical (unpaired) electrons. The van der Waals surface area contributed by atoms with Crippen molar-refractivity contribution in [2.24, 2.45) is 0 Å². The van der Waals surface area contributed by atoms with Crippen molar-refractivity contribution in [3.8, 4) is 16.9 Å². The van der Waals surface area contributed by atoms with Gasteiger partial charge in [0, 0.05) is 62.0 Å². The van der Waals surface area contributed by atoms with Gasteiger partial charge in [-0.3, -0.25) is 4.79 Å². The fourth-order valence-corrected chi connectivity index (χ4v) is 6.96. The second-order valence-electron chi connectivity index (χ2n) is 14.0. The van der Waals surface area contributed by atoms with E-state index >= 15 is 0 Å². The van der Waals surface area contributed by atoms with E-state index in [1.54, 1.807) is 0 Å². The number of nitrogens with one attached hydrogen (secondary N) is 2. The lowest BCUT2D eigenvalue weighted by atomic mass is 9.96. The number of likely N-dealkylation sites (N-methyl/N-ethyl adjacent to an activating group) is 1. The fraction of sp³-hybridized carbons (Fsp3) is 0.442. The van der Waals surface area contributed by atoms with Crippen molar-refractivity contribution in [1.82, 2.24) is 14.5 Å². The average molecular weight is 721 g/mol. The number of anilines is 3. The maximum atomic E-state index is 13.8. The summed E-state index contributed by atoms with van der Waals surface area (Å²) in [5, 5.41) is 6.66. The van der Waals surface area contributed by atoms with Gasteiger partial charge < -0.3 is 39.2 Å². The monoisotopic (exact) mass is 720 g/mol. The molecule has 0 spiro atoms. The van der Waals surface area contributed by atoms with Crippen LogP contribution in [0.3, 0.4) is 0 Å². The van der Waals surface area contributed by atoms with Gasteiger partial charge in [0.25, 0.3) is 5.91 Å². The number of rotatable bonds is 16. The van der Waals surface area contributed by atoms with E-state index in [-0.39, 0.29) is 12.0 Å². The molecule has 1 fully saturated rings. The van der Waals surface area contributed by atoms with Crippen molar-refractivity contribution in [3.63, 3.8) is 0 Å². The highest BCUT2D eigenvalue weighted by atomic mass is 16.5. The third-order valence-electron chi connectivity index (χ3n) is 10.1. The van der Waals surface area contributed by atoms with Crippen molar-refractivity contribution in [2.45, 2.75) is 65.6 Å². The Labute approximate surface area is 315 Å². The van der Waals surface area contributed by atoms with Crippen LogP contribution in [0, 0.1) is 6.92 Å². The standard InChI is InChI=1S/C43H56N6O4/c1-5-7-22-51-24-25-53-39-17-10-33(11-18-39)34-12-19-41-36(26-34)27-35(9-8-20-49(41)30-40-29-47(4)21-23-52-40)43(50)46-38-15-13-37(14-16-38)44-28-42-32(3)45-31-48(42)6-2/h10-19,26-27,31,40,44H,5-9,20-25,28-30H2,1-4H3,(H,46,50)/b35-27+. The van der Waals surface area contributed by atoms with E-state index < -0.39 is 0 Å². The summed E-state index contributed by atoms with van der Waals surface area (Å²) in [5.41, 5.74) is 9.06. The smallest absolute Gasteiger partial charge is 0.251 e. The molecule has 0 bridgehead atoms. The number of morpholine rings is 1. The summed E-state index contributed by atoms with van der Waals surface area (Å²) in [6.07, 6.45) is 7.84. The molecule has 282 valence electrons. The van der Waals surface area contributed by atoms with Gasteiger partial charge >= 0.3 is 0 Å². The Hall–Kier alpha value is -4.64. The molecule has 4 aromatic rings. The Morgan fingerprint density at radius 3 is 2.53 bits per heavy atom. The van der Waals surface area contributed by atoms with Crippen LogP contribution in [0.2, 0.25) is 0 Å². The molecule has 1 unspecified atom stereocenters. The van der Waals surface area contributed by atoms with E-state index in [4.69, 9.17) is 14.2 Å². The molecule has 0 saturated carbocycles. The third-order valence-corrected chi connectivity index (χ3v) is 10.1. The van der Waals surface area contributed by atoms with Crippen molar-refractivity contribution in [2.75, 3.05) is 75.2 Å². The zero-order valence-electron chi connectivity index (χ0n) is 31.9. The molecule has 1 amide bonds. The molecule has 10 nitrogen and oxygen atoms in total. The molecular formula is C43H56N6O4. The molecule has 6 rings (SSSR count). The molecule has 3 heterocycles. The number of hydrogen-bond acceptors (Lipinski definition) is 8. The van der Waals surface area contributed by atoms with E-state index in [0.717, 1.165) is 116 Å². The lowest BCUT2D eigenvalue weighted by Gasteiger charge is -2.36. The number of amides is 1. The minimum Gasteiger partial charge on any atom is -0.491 e. The minimum atomic E-state index is -0.0737. The van der Waals surface area contributed by atoms with Gasteiger partial charge in [-0.15, -0.1) is 0 Å². The first-order valence-electron chi connectivity index (χ1n) is 19.3. The fourth-order valence-electron chi connectivity index (χ4n) is 6.96. The minimum absolute atomic E-state index is 0.0737. The quantitative estimate of drug-likeness (QED) is 0.114. The number of nitrogens with zero attached hydrogens (tertiary/aromatic N) is 4. The first-order valence-corrected chi connectivity index (χ1v) is 19.3. The summed E-state index contributed by atoms with van der Waals surface area (Å²) in [6.45, 7) is 14.0. The molecule has 2 N–H and O–H groups in total. The van der Waals surface area contributed by atoms with Gasteiger partial charge in [0.05, 0.1) is 43.6 Å². The Kier molecular flexibility index (Phi) is 13.6. The lowest BCUT2D eigenvalue weighted by molar-refractivity contribution is -0.112. The van der Waals surface area contributed by atoms with Crippen LogP contribution < -0.4 is 20.3 Å². The van der Waals surface area contributed by atoms with Gasteiger partial charge in [-0.25, -0.2) is 4.98 Å². The number of benzene rings is 3. The molecule has 2 aliphatic rings. The van der Waals surface area contributed by atoms with Crippen molar-refractivity contribution >= 4 is 29.0 Å². The maximum absolute atomic E-state index is 13.8. The summed E-state index contributed by atoms with van der Waals surface area (Å²) in [5.74, 6) is 0.750. The number of imidazole rings is 1. The van der Waals surface area contributed by atoms with Crippen molar-refractivity contribution in [3.05, 3.63) is 95.6 Å². The van der Waals surface area contributed by atoms with Crippen LogP contribution in [0.5, 0.6) is 5.75 Å². The Balaban J connectivity index is 1.17. The zero-order chi connectivity index (χ0) is 37.0. The number of aromatic nitrogens is 2. The number of carbonyl (C=O) groups is 1. The molecule has 1 aromatic heterocycles. The summed E-state index contributed by atoms with van der Waals surface area (Å²) in [6, 6.07) is 22.7. The Morgan fingerprint density at radius 2 is 1.75 bits per heavy atom. The highest BCUT2D eigenvalue weighted by Gasteiger charge is 2.24.